The second-order valence-corrected chi connectivity index (χ2v) is 10.9. The minimum Gasteiger partial charge on any atom is -0.463 e. The molecule has 0 bridgehead atoms. The molecule has 0 amide bonds. The number of fused-ring (bicyclic) bond motifs is 1. The Morgan fingerprint density at radius 3 is 2.84 bits per heavy atom. The van der Waals surface area contributed by atoms with Crippen molar-refractivity contribution < 1.29 is 22.3 Å². The fraction of sp³-hybridized carbons (Fsp3) is 0.350. The number of aliphatic imine (C=N–C) groups is 1. The predicted molar refractivity (Wildman–Crippen MR) is 122 cm³/mol. The van der Waals surface area contributed by atoms with Crippen molar-refractivity contribution in [2.45, 2.75) is 25.4 Å². The summed E-state index contributed by atoms with van der Waals surface area (Å²) in [5.41, 5.74) is 1.51. The number of ether oxygens (including phenoxy) is 1. The van der Waals surface area contributed by atoms with Crippen LogP contribution < -0.4 is 4.72 Å². The second kappa shape index (κ2) is 9.00. The summed E-state index contributed by atoms with van der Waals surface area (Å²) in [6.45, 7) is 2.17. The summed E-state index contributed by atoms with van der Waals surface area (Å²) >= 11 is 4.77. The first kappa shape index (κ1) is 23.0. The zero-order valence-corrected chi connectivity index (χ0v) is 20.4. The molecule has 1 saturated heterocycles. The van der Waals surface area contributed by atoms with Gasteiger partial charge in [0.05, 0.1) is 18.4 Å². The molecule has 2 aromatic rings. The van der Waals surface area contributed by atoms with E-state index in [-0.39, 0.29) is 13.0 Å². The number of amidine groups is 1. The van der Waals surface area contributed by atoms with Crippen molar-refractivity contribution in [1.29, 1.82) is 0 Å². The molecule has 1 unspecified atom stereocenters. The predicted octanol–water partition coefficient (Wildman–Crippen LogP) is 2.99. The summed E-state index contributed by atoms with van der Waals surface area (Å²) in [4.78, 5) is 24.1. The van der Waals surface area contributed by atoms with E-state index in [1.165, 1.54) is 23.5 Å². The molecule has 0 aliphatic carbocycles. The molecule has 1 N–H and O–H groups in total. The first-order chi connectivity index (χ1) is 15.2. The number of carbonyl (C=O) groups excluding carboxylic acids is 1. The van der Waals surface area contributed by atoms with Crippen molar-refractivity contribution in [3.05, 3.63) is 61.9 Å². The van der Waals surface area contributed by atoms with Crippen molar-refractivity contribution in [3.8, 4) is 0 Å². The van der Waals surface area contributed by atoms with Gasteiger partial charge in [-0.1, -0.05) is 22.0 Å². The quantitative estimate of drug-likeness (QED) is 0.563. The van der Waals surface area contributed by atoms with Gasteiger partial charge in [-0.25, -0.2) is 27.3 Å². The van der Waals surface area contributed by atoms with Crippen molar-refractivity contribution in [1.82, 2.24) is 14.6 Å². The Labute approximate surface area is 197 Å². The van der Waals surface area contributed by atoms with Crippen LogP contribution in [0.3, 0.4) is 0 Å². The minimum absolute atomic E-state index is 0.168. The normalized spacial score (nSPS) is 20.9. The average molecular weight is 543 g/mol. The molecule has 0 radical (unpaired) electrons. The lowest BCUT2D eigenvalue weighted by molar-refractivity contribution is -0.139. The van der Waals surface area contributed by atoms with E-state index in [4.69, 9.17) is 9.73 Å². The van der Waals surface area contributed by atoms with Gasteiger partial charge in [0.15, 0.2) is 10.8 Å². The molecule has 1 fully saturated rings. The largest absolute Gasteiger partial charge is 0.463 e. The van der Waals surface area contributed by atoms with Gasteiger partial charge in [-0.15, -0.1) is 11.3 Å². The Kier molecular flexibility index (Phi) is 6.48. The first-order valence-corrected chi connectivity index (χ1v) is 13.3. The number of esters is 1. The summed E-state index contributed by atoms with van der Waals surface area (Å²) in [5.74, 6) is -0.441. The Morgan fingerprint density at radius 2 is 2.22 bits per heavy atom. The number of halogens is 2. The Balaban J connectivity index is 1.89. The highest BCUT2D eigenvalue weighted by Gasteiger charge is 2.43. The van der Waals surface area contributed by atoms with Crippen LogP contribution in [0.4, 0.5) is 4.39 Å². The highest BCUT2D eigenvalue weighted by Crippen LogP contribution is 2.42. The molecule has 3 heterocycles. The van der Waals surface area contributed by atoms with E-state index in [2.05, 4.69) is 25.6 Å². The summed E-state index contributed by atoms with van der Waals surface area (Å²) in [6, 6.07) is 2.97. The van der Waals surface area contributed by atoms with Crippen molar-refractivity contribution in [3.63, 3.8) is 0 Å². The average Bonchev–Trinajstić information content (AvgIpc) is 3.35. The second-order valence-electron chi connectivity index (χ2n) is 7.34. The van der Waals surface area contributed by atoms with Crippen LogP contribution in [0.5, 0.6) is 0 Å². The van der Waals surface area contributed by atoms with Crippen LogP contribution >= 0.6 is 27.3 Å². The number of hydrogen-bond donors (Lipinski definition) is 1. The molecule has 4 rings (SSSR count). The third kappa shape index (κ3) is 4.63. The third-order valence-corrected chi connectivity index (χ3v) is 7.23. The highest BCUT2D eigenvalue weighted by molar-refractivity contribution is 9.10. The maximum atomic E-state index is 13.8. The van der Waals surface area contributed by atoms with Gasteiger partial charge in [-0.3, -0.25) is 4.99 Å². The van der Waals surface area contributed by atoms with E-state index in [9.17, 15) is 17.6 Å². The molecular weight excluding hydrogens is 523 g/mol. The molecule has 170 valence electrons. The van der Waals surface area contributed by atoms with Crippen LogP contribution in [0.15, 0.2) is 50.5 Å². The number of sulfonamides is 1. The van der Waals surface area contributed by atoms with E-state index in [0.717, 1.165) is 6.26 Å². The Bertz CT molecular complexity index is 1210. The molecule has 2 aliphatic rings. The van der Waals surface area contributed by atoms with Gasteiger partial charge in [-0.2, -0.15) is 0 Å². The minimum atomic E-state index is -3.46. The van der Waals surface area contributed by atoms with Gasteiger partial charge in [0.2, 0.25) is 10.0 Å². The number of benzene rings is 1. The topological polar surface area (TPSA) is 101 Å². The van der Waals surface area contributed by atoms with Crippen LogP contribution in [0.25, 0.3) is 0 Å². The molecule has 0 saturated carbocycles. The zero-order valence-electron chi connectivity index (χ0n) is 17.2. The van der Waals surface area contributed by atoms with Crippen LogP contribution in [-0.2, 0) is 19.6 Å². The lowest BCUT2D eigenvalue weighted by Crippen LogP contribution is -2.39. The van der Waals surface area contributed by atoms with Gasteiger partial charge in [0.1, 0.15) is 11.9 Å². The van der Waals surface area contributed by atoms with Gasteiger partial charge in [0.25, 0.3) is 0 Å². The number of nitrogens with one attached hydrogen (secondary N) is 1. The number of rotatable bonds is 6. The van der Waals surface area contributed by atoms with Gasteiger partial charge in [-0.05, 0) is 24.6 Å². The standard InChI is InChI=1S/C20H20BrFN4O4S2/c1-3-30-20(27)16-15-9-12(25-32(2,28)29)10-26(15)18(19-23-6-7-31-19)24-17(16)13-5-4-11(22)8-14(13)21/h4-8,12,17,25H,3,9-10H2,1-2H3/t12?,17-/m0/s1. The fourth-order valence-corrected chi connectivity index (χ4v) is 5.87. The molecule has 0 spiro atoms. The first-order valence-electron chi connectivity index (χ1n) is 9.75. The highest BCUT2D eigenvalue weighted by atomic mass is 79.9. The monoisotopic (exact) mass is 542 g/mol. The van der Waals surface area contributed by atoms with Crippen molar-refractivity contribution in [2.75, 3.05) is 19.4 Å². The maximum Gasteiger partial charge on any atom is 0.338 e. The third-order valence-electron chi connectivity index (χ3n) is 5.02. The zero-order chi connectivity index (χ0) is 23.0. The summed E-state index contributed by atoms with van der Waals surface area (Å²) in [7, 11) is -3.46. The number of thiazole rings is 1. The molecule has 1 aromatic carbocycles. The van der Waals surface area contributed by atoms with Crippen LogP contribution in [-0.4, -0.2) is 55.6 Å². The van der Waals surface area contributed by atoms with E-state index in [1.807, 2.05) is 10.3 Å². The summed E-state index contributed by atoms with van der Waals surface area (Å²) in [6.07, 6.45) is 3.03. The number of hydrogen-bond acceptors (Lipinski definition) is 8. The van der Waals surface area contributed by atoms with E-state index >= 15 is 0 Å². The van der Waals surface area contributed by atoms with Crippen molar-refractivity contribution in [2.24, 2.45) is 4.99 Å². The Hall–Kier alpha value is -2.15. The van der Waals surface area contributed by atoms with Gasteiger partial charge >= 0.3 is 5.97 Å². The van der Waals surface area contributed by atoms with Crippen LogP contribution in [0.1, 0.15) is 30.0 Å². The molecule has 2 atom stereocenters. The molecular formula is C20H20BrFN4O4S2. The Morgan fingerprint density at radius 1 is 1.44 bits per heavy atom. The molecule has 1 aromatic heterocycles. The maximum absolute atomic E-state index is 13.8. The summed E-state index contributed by atoms with van der Waals surface area (Å²) < 4.78 is 45.9. The lowest BCUT2D eigenvalue weighted by Gasteiger charge is -2.31. The fourth-order valence-electron chi connectivity index (χ4n) is 3.90. The molecule has 12 heteroatoms. The molecule has 8 nitrogen and oxygen atoms in total. The van der Waals surface area contributed by atoms with E-state index in [0.29, 0.717) is 38.7 Å². The smallest absolute Gasteiger partial charge is 0.338 e. The molecule has 32 heavy (non-hydrogen) atoms. The van der Waals surface area contributed by atoms with E-state index in [1.54, 1.807) is 19.2 Å². The van der Waals surface area contributed by atoms with Crippen LogP contribution in [0.2, 0.25) is 0 Å². The van der Waals surface area contributed by atoms with E-state index < -0.39 is 33.9 Å². The number of aromatic nitrogens is 1. The molecule has 2 aliphatic heterocycles. The van der Waals surface area contributed by atoms with Gasteiger partial charge < -0.3 is 9.64 Å². The summed E-state index contributed by atoms with van der Waals surface area (Å²) in [5, 5.41) is 2.45. The van der Waals surface area contributed by atoms with Gasteiger partial charge in [0, 0.05) is 40.8 Å². The van der Waals surface area contributed by atoms with Crippen LogP contribution in [0, 0.1) is 5.82 Å². The van der Waals surface area contributed by atoms with Crippen molar-refractivity contribution >= 4 is 49.1 Å². The number of carbonyl (C=O) groups is 1. The number of nitrogens with zero attached hydrogens (tertiary/aromatic N) is 3. The SMILES string of the molecule is CCOC(=O)C1=C2CC(NS(C)(=O)=O)CN2C(c2nccs2)=N[C@H]1c1ccc(F)cc1Br. The lowest BCUT2D eigenvalue weighted by atomic mass is 9.94.